The number of carboxylic acids is 1. The van der Waals surface area contributed by atoms with Crippen LogP contribution in [0.5, 0.6) is 0 Å². The molecule has 0 aromatic rings. The van der Waals surface area contributed by atoms with E-state index >= 15 is 0 Å². The molecular weight excluding hydrogens is 242 g/mol. The Balaban J connectivity index is 4.73. The second-order valence-electron chi connectivity index (χ2n) is 5.72. The van der Waals surface area contributed by atoms with E-state index in [0.29, 0.717) is 19.0 Å². The molecular formula is C15H29NO3. The fourth-order valence-corrected chi connectivity index (χ4v) is 2.01. The van der Waals surface area contributed by atoms with Gasteiger partial charge in [0.1, 0.15) is 0 Å². The molecule has 1 N–H and O–H groups in total. The van der Waals surface area contributed by atoms with Crippen LogP contribution >= 0.6 is 0 Å². The van der Waals surface area contributed by atoms with E-state index in [1.165, 1.54) is 0 Å². The minimum atomic E-state index is -0.841. The van der Waals surface area contributed by atoms with Crippen molar-refractivity contribution in [3.05, 3.63) is 0 Å². The summed E-state index contributed by atoms with van der Waals surface area (Å²) in [5, 5.41) is 9.01. The van der Waals surface area contributed by atoms with Crippen LogP contribution in [-0.4, -0.2) is 35.0 Å². The Labute approximate surface area is 117 Å². The largest absolute Gasteiger partial charge is 0.481 e. The molecule has 1 atom stereocenters. The van der Waals surface area contributed by atoms with Crippen molar-refractivity contribution < 1.29 is 14.7 Å². The third-order valence-corrected chi connectivity index (χ3v) is 3.54. The lowest BCUT2D eigenvalue weighted by Gasteiger charge is -2.28. The van der Waals surface area contributed by atoms with Gasteiger partial charge in [0.05, 0.1) is 5.92 Å². The van der Waals surface area contributed by atoms with Gasteiger partial charge in [-0.3, -0.25) is 9.59 Å². The molecule has 1 amide bonds. The molecule has 0 heterocycles. The van der Waals surface area contributed by atoms with Crippen molar-refractivity contribution in [1.82, 2.24) is 4.90 Å². The lowest BCUT2D eigenvalue weighted by Crippen LogP contribution is -2.41. The maximum atomic E-state index is 12.4. The maximum Gasteiger partial charge on any atom is 0.308 e. The van der Waals surface area contributed by atoms with Crippen molar-refractivity contribution in [3.63, 3.8) is 0 Å². The van der Waals surface area contributed by atoms with Crippen LogP contribution in [0.3, 0.4) is 0 Å². The van der Waals surface area contributed by atoms with Gasteiger partial charge in [-0.15, -0.1) is 0 Å². The third kappa shape index (κ3) is 6.60. The molecule has 0 saturated carbocycles. The van der Waals surface area contributed by atoms with Crippen LogP contribution in [0, 0.1) is 17.8 Å². The molecule has 1 unspecified atom stereocenters. The van der Waals surface area contributed by atoms with E-state index in [-0.39, 0.29) is 11.8 Å². The number of nitrogens with zero attached hydrogens (tertiary/aromatic N) is 1. The zero-order valence-corrected chi connectivity index (χ0v) is 13.0. The number of carboxylic acid groups (broad SMARTS) is 1. The minimum absolute atomic E-state index is 0.0214. The first-order valence-corrected chi connectivity index (χ1v) is 7.34. The van der Waals surface area contributed by atoms with Gasteiger partial charge in [0.2, 0.25) is 5.91 Å². The molecule has 4 nitrogen and oxygen atoms in total. The van der Waals surface area contributed by atoms with E-state index in [1.54, 1.807) is 11.8 Å². The molecule has 19 heavy (non-hydrogen) atoms. The first kappa shape index (κ1) is 17.9. The van der Waals surface area contributed by atoms with Crippen LogP contribution in [-0.2, 0) is 9.59 Å². The first-order valence-electron chi connectivity index (χ1n) is 7.34. The molecule has 0 rings (SSSR count). The average Bonchev–Trinajstić information content (AvgIpc) is 2.34. The number of aliphatic carboxylic acids is 1. The molecule has 0 saturated heterocycles. The average molecular weight is 271 g/mol. The standard InChI is InChI=1S/C15H29NO3/c1-6-13(7-2)14(17)16(9-8-11(3)4)10-12(5)15(18)19/h11-13H,6-10H2,1-5H3,(H,18,19). The van der Waals surface area contributed by atoms with Crippen LogP contribution in [0.25, 0.3) is 0 Å². The Morgan fingerprint density at radius 2 is 1.63 bits per heavy atom. The van der Waals surface area contributed by atoms with Crippen LogP contribution in [0.1, 0.15) is 53.9 Å². The quantitative estimate of drug-likeness (QED) is 0.701. The Bertz CT molecular complexity index is 285. The number of carbonyl (C=O) groups excluding carboxylic acids is 1. The van der Waals surface area contributed by atoms with E-state index in [1.807, 2.05) is 13.8 Å². The fourth-order valence-electron chi connectivity index (χ4n) is 2.01. The molecule has 4 heteroatoms. The van der Waals surface area contributed by atoms with Crippen molar-refractivity contribution in [2.45, 2.75) is 53.9 Å². The molecule has 0 bridgehead atoms. The highest BCUT2D eigenvalue weighted by atomic mass is 16.4. The lowest BCUT2D eigenvalue weighted by atomic mass is 10.00. The predicted octanol–water partition coefficient (Wildman–Crippen LogP) is 3.02. The molecule has 0 aromatic carbocycles. The zero-order valence-electron chi connectivity index (χ0n) is 13.0. The first-order chi connectivity index (χ1) is 8.83. The number of hydrogen-bond donors (Lipinski definition) is 1. The highest BCUT2D eigenvalue weighted by molar-refractivity contribution is 5.79. The zero-order chi connectivity index (χ0) is 15.0. The second kappa shape index (κ2) is 8.94. The Kier molecular flexibility index (Phi) is 8.44. The SMILES string of the molecule is CCC(CC)C(=O)N(CCC(C)C)CC(C)C(=O)O. The van der Waals surface area contributed by atoms with E-state index < -0.39 is 11.9 Å². The van der Waals surface area contributed by atoms with Crippen molar-refractivity contribution in [2.75, 3.05) is 13.1 Å². The van der Waals surface area contributed by atoms with Crippen molar-refractivity contribution in [1.29, 1.82) is 0 Å². The summed E-state index contributed by atoms with van der Waals surface area (Å²) in [4.78, 5) is 25.1. The van der Waals surface area contributed by atoms with Crippen LogP contribution in [0.15, 0.2) is 0 Å². The summed E-state index contributed by atoms with van der Waals surface area (Å²) in [7, 11) is 0. The van der Waals surface area contributed by atoms with Gasteiger partial charge in [-0.25, -0.2) is 0 Å². The summed E-state index contributed by atoms with van der Waals surface area (Å²) in [6.07, 6.45) is 2.54. The molecule has 0 aliphatic rings. The molecule has 0 radical (unpaired) electrons. The van der Waals surface area contributed by atoms with Crippen LogP contribution < -0.4 is 0 Å². The van der Waals surface area contributed by atoms with Gasteiger partial charge in [0.15, 0.2) is 0 Å². The molecule has 0 aliphatic heterocycles. The van der Waals surface area contributed by atoms with Gasteiger partial charge in [-0.2, -0.15) is 0 Å². The number of amides is 1. The van der Waals surface area contributed by atoms with E-state index in [2.05, 4.69) is 13.8 Å². The maximum absolute atomic E-state index is 12.4. The highest BCUT2D eigenvalue weighted by Crippen LogP contribution is 2.15. The molecule has 112 valence electrons. The third-order valence-electron chi connectivity index (χ3n) is 3.54. The van der Waals surface area contributed by atoms with Crippen molar-refractivity contribution in [3.8, 4) is 0 Å². The highest BCUT2D eigenvalue weighted by Gasteiger charge is 2.24. The van der Waals surface area contributed by atoms with Crippen molar-refractivity contribution in [2.24, 2.45) is 17.8 Å². The second-order valence-corrected chi connectivity index (χ2v) is 5.72. The molecule has 0 fully saturated rings. The van der Waals surface area contributed by atoms with E-state index in [0.717, 1.165) is 19.3 Å². The van der Waals surface area contributed by atoms with Crippen LogP contribution in [0.4, 0.5) is 0 Å². The van der Waals surface area contributed by atoms with E-state index in [4.69, 9.17) is 5.11 Å². The monoisotopic (exact) mass is 271 g/mol. The Morgan fingerprint density at radius 1 is 1.11 bits per heavy atom. The predicted molar refractivity (Wildman–Crippen MR) is 76.9 cm³/mol. The Hall–Kier alpha value is -1.06. The minimum Gasteiger partial charge on any atom is -0.481 e. The fraction of sp³-hybridized carbons (Fsp3) is 0.867. The summed E-state index contributed by atoms with van der Waals surface area (Å²) in [5.41, 5.74) is 0. The summed E-state index contributed by atoms with van der Waals surface area (Å²) in [5.74, 6) is -0.707. The summed E-state index contributed by atoms with van der Waals surface area (Å²) in [6.45, 7) is 10.9. The topological polar surface area (TPSA) is 57.6 Å². The van der Waals surface area contributed by atoms with Gasteiger partial charge in [-0.05, 0) is 25.2 Å². The van der Waals surface area contributed by atoms with Gasteiger partial charge >= 0.3 is 5.97 Å². The summed E-state index contributed by atoms with van der Waals surface area (Å²) in [6, 6.07) is 0. The summed E-state index contributed by atoms with van der Waals surface area (Å²) >= 11 is 0. The van der Waals surface area contributed by atoms with Gasteiger partial charge in [-0.1, -0.05) is 34.6 Å². The van der Waals surface area contributed by atoms with Gasteiger partial charge in [0.25, 0.3) is 0 Å². The van der Waals surface area contributed by atoms with Crippen molar-refractivity contribution >= 4 is 11.9 Å². The Morgan fingerprint density at radius 3 is 2.00 bits per heavy atom. The molecule has 0 aliphatic carbocycles. The lowest BCUT2D eigenvalue weighted by molar-refractivity contribution is -0.144. The normalized spacial score (nSPS) is 12.8. The smallest absolute Gasteiger partial charge is 0.308 e. The number of rotatable bonds is 9. The van der Waals surface area contributed by atoms with E-state index in [9.17, 15) is 9.59 Å². The molecule has 0 spiro atoms. The van der Waals surface area contributed by atoms with Gasteiger partial charge < -0.3 is 10.0 Å². The number of carbonyl (C=O) groups is 2. The number of hydrogen-bond acceptors (Lipinski definition) is 2. The molecule has 0 aromatic heterocycles. The summed E-state index contributed by atoms with van der Waals surface area (Å²) < 4.78 is 0. The van der Waals surface area contributed by atoms with Gasteiger partial charge in [0, 0.05) is 19.0 Å². The van der Waals surface area contributed by atoms with Crippen LogP contribution in [0.2, 0.25) is 0 Å².